The summed E-state index contributed by atoms with van der Waals surface area (Å²) in [4.78, 5) is 8.81. The molecule has 0 unspecified atom stereocenters. The molecule has 0 aliphatic heterocycles. The van der Waals surface area contributed by atoms with Crippen molar-refractivity contribution in [2.45, 2.75) is 19.8 Å². The Labute approximate surface area is 128 Å². The zero-order valence-corrected chi connectivity index (χ0v) is 12.6. The van der Waals surface area contributed by atoms with Crippen molar-refractivity contribution >= 4 is 21.9 Å². The molecule has 3 heterocycles. The lowest BCUT2D eigenvalue weighted by Gasteiger charge is -2.06. The van der Waals surface area contributed by atoms with Gasteiger partial charge >= 0.3 is 0 Å². The molecule has 0 saturated heterocycles. The highest BCUT2D eigenvalue weighted by Gasteiger charge is 2.12. The molecule has 4 aromatic rings. The summed E-state index contributed by atoms with van der Waals surface area (Å²) in [5.41, 5.74) is 4.92. The van der Waals surface area contributed by atoms with Gasteiger partial charge in [0.05, 0.1) is 5.69 Å². The number of fused-ring (bicyclic) bond motifs is 3. The van der Waals surface area contributed by atoms with Crippen molar-refractivity contribution in [3.05, 3.63) is 60.6 Å². The number of hydrogen-bond acceptors (Lipinski definition) is 3. The van der Waals surface area contributed by atoms with Crippen LogP contribution in [0, 0.1) is 0 Å². The van der Waals surface area contributed by atoms with Crippen LogP contribution in [0.15, 0.2) is 59.4 Å². The van der Waals surface area contributed by atoms with E-state index in [1.807, 2.05) is 24.5 Å². The van der Waals surface area contributed by atoms with Crippen molar-refractivity contribution in [1.82, 2.24) is 9.97 Å². The van der Waals surface area contributed by atoms with Crippen molar-refractivity contribution in [2.24, 2.45) is 0 Å². The Bertz CT molecular complexity index is 952. The van der Waals surface area contributed by atoms with Gasteiger partial charge in [0.25, 0.3) is 0 Å². The third-order valence-corrected chi connectivity index (χ3v) is 4.03. The minimum Gasteiger partial charge on any atom is -0.455 e. The molecular weight excluding hydrogens is 272 g/mol. The van der Waals surface area contributed by atoms with Crippen LogP contribution in [0.3, 0.4) is 0 Å². The molecule has 0 spiro atoms. The molecule has 0 amide bonds. The number of aromatic nitrogens is 2. The highest BCUT2D eigenvalue weighted by atomic mass is 16.3. The highest BCUT2D eigenvalue weighted by molar-refractivity contribution is 6.08. The molecule has 3 nitrogen and oxygen atoms in total. The first-order valence-electron chi connectivity index (χ1n) is 7.45. The summed E-state index contributed by atoms with van der Waals surface area (Å²) in [5, 5.41) is 2.12. The smallest absolute Gasteiger partial charge is 0.144 e. The van der Waals surface area contributed by atoms with E-state index in [0.717, 1.165) is 33.2 Å². The Morgan fingerprint density at radius 3 is 2.64 bits per heavy atom. The standard InChI is InChI=1S/C19H16N2O/c1-12(2)13-6-7-17(21-10-13)15-5-3-4-14-16-11-20-9-8-18(16)22-19(14)15/h3-12H,1-2H3. The van der Waals surface area contributed by atoms with Crippen LogP contribution in [-0.2, 0) is 0 Å². The summed E-state index contributed by atoms with van der Waals surface area (Å²) in [6, 6.07) is 12.3. The van der Waals surface area contributed by atoms with E-state index in [1.165, 1.54) is 5.56 Å². The predicted molar refractivity (Wildman–Crippen MR) is 88.8 cm³/mol. The normalized spacial score (nSPS) is 11.6. The highest BCUT2D eigenvalue weighted by Crippen LogP contribution is 2.34. The Hall–Kier alpha value is -2.68. The Morgan fingerprint density at radius 2 is 1.86 bits per heavy atom. The van der Waals surface area contributed by atoms with Crippen molar-refractivity contribution < 1.29 is 4.42 Å². The molecule has 0 saturated carbocycles. The molecule has 108 valence electrons. The van der Waals surface area contributed by atoms with E-state index in [2.05, 4.69) is 48.1 Å². The number of hydrogen-bond donors (Lipinski definition) is 0. The van der Waals surface area contributed by atoms with E-state index >= 15 is 0 Å². The Kier molecular flexibility index (Phi) is 2.93. The monoisotopic (exact) mass is 288 g/mol. The van der Waals surface area contributed by atoms with Gasteiger partial charge in [-0.15, -0.1) is 0 Å². The molecule has 22 heavy (non-hydrogen) atoms. The van der Waals surface area contributed by atoms with Gasteiger partial charge in [0, 0.05) is 34.9 Å². The second-order valence-corrected chi connectivity index (χ2v) is 5.79. The summed E-state index contributed by atoms with van der Waals surface area (Å²) in [7, 11) is 0. The van der Waals surface area contributed by atoms with Gasteiger partial charge in [-0.1, -0.05) is 32.0 Å². The van der Waals surface area contributed by atoms with Gasteiger partial charge in [-0.2, -0.15) is 0 Å². The fourth-order valence-corrected chi connectivity index (χ4v) is 2.75. The van der Waals surface area contributed by atoms with Crippen LogP contribution in [-0.4, -0.2) is 9.97 Å². The van der Waals surface area contributed by atoms with Gasteiger partial charge < -0.3 is 4.42 Å². The average Bonchev–Trinajstić information content (AvgIpc) is 2.93. The minimum atomic E-state index is 0.481. The number of para-hydroxylation sites is 1. The summed E-state index contributed by atoms with van der Waals surface area (Å²) >= 11 is 0. The van der Waals surface area contributed by atoms with Crippen molar-refractivity contribution in [3.8, 4) is 11.3 Å². The first-order valence-corrected chi connectivity index (χ1v) is 7.45. The molecule has 1 aromatic carbocycles. The van der Waals surface area contributed by atoms with Crippen LogP contribution in [0.25, 0.3) is 33.2 Å². The van der Waals surface area contributed by atoms with Gasteiger partial charge in [0.1, 0.15) is 11.2 Å². The summed E-state index contributed by atoms with van der Waals surface area (Å²) in [6.45, 7) is 4.34. The van der Waals surface area contributed by atoms with Gasteiger partial charge in [-0.25, -0.2) is 0 Å². The fourth-order valence-electron chi connectivity index (χ4n) is 2.75. The van der Waals surface area contributed by atoms with Crippen LogP contribution < -0.4 is 0 Å². The molecule has 3 aromatic heterocycles. The van der Waals surface area contributed by atoms with E-state index in [4.69, 9.17) is 4.42 Å². The SMILES string of the molecule is CC(C)c1ccc(-c2cccc3c2oc2ccncc23)nc1. The van der Waals surface area contributed by atoms with E-state index in [0.29, 0.717) is 5.92 Å². The first kappa shape index (κ1) is 13.0. The van der Waals surface area contributed by atoms with Gasteiger partial charge in [-0.05, 0) is 29.7 Å². The van der Waals surface area contributed by atoms with Crippen molar-refractivity contribution in [1.29, 1.82) is 0 Å². The number of furan rings is 1. The van der Waals surface area contributed by atoms with Crippen LogP contribution in [0.1, 0.15) is 25.3 Å². The molecular formula is C19H16N2O. The third-order valence-electron chi connectivity index (χ3n) is 4.03. The first-order chi connectivity index (χ1) is 10.7. The number of pyridine rings is 2. The van der Waals surface area contributed by atoms with Crippen molar-refractivity contribution in [2.75, 3.05) is 0 Å². The lowest BCUT2D eigenvalue weighted by molar-refractivity contribution is 0.669. The molecule has 0 aliphatic carbocycles. The van der Waals surface area contributed by atoms with Gasteiger partial charge in [-0.3, -0.25) is 9.97 Å². The van der Waals surface area contributed by atoms with E-state index < -0.39 is 0 Å². The largest absolute Gasteiger partial charge is 0.455 e. The Balaban J connectivity index is 1.94. The van der Waals surface area contributed by atoms with E-state index in [9.17, 15) is 0 Å². The minimum absolute atomic E-state index is 0.481. The number of rotatable bonds is 2. The zero-order chi connectivity index (χ0) is 15.1. The Morgan fingerprint density at radius 1 is 0.955 bits per heavy atom. The fraction of sp³-hybridized carbons (Fsp3) is 0.158. The van der Waals surface area contributed by atoms with Gasteiger partial charge in [0.15, 0.2) is 0 Å². The molecule has 0 aliphatic rings. The summed E-state index contributed by atoms with van der Waals surface area (Å²) in [6.07, 6.45) is 5.54. The molecule has 0 N–H and O–H groups in total. The van der Waals surface area contributed by atoms with Crippen molar-refractivity contribution in [3.63, 3.8) is 0 Å². The molecule has 0 bridgehead atoms. The second-order valence-electron chi connectivity index (χ2n) is 5.79. The van der Waals surface area contributed by atoms with E-state index in [1.54, 1.807) is 6.20 Å². The molecule has 4 rings (SSSR count). The maximum absolute atomic E-state index is 6.04. The maximum Gasteiger partial charge on any atom is 0.144 e. The quantitative estimate of drug-likeness (QED) is 0.511. The second kappa shape index (κ2) is 4.95. The summed E-state index contributed by atoms with van der Waals surface area (Å²) in [5.74, 6) is 0.481. The molecule has 3 heteroatoms. The number of nitrogens with zero attached hydrogens (tertiary/aromatic N) is 2. The number of benzene rings is 1. The topological polar surface area (TPSA) is 38.9 Å². The van der Waals surface area contributed by atoms with Gasteiger partial charge in [0.2, 0.25) is 0 Å². The molecule has 0 fully saturated rings. The van der Waals surface area contributed by atoms with Crippen LogP contribution in [0.4, 0.5) is 0 Å². The maximum atomic E-state index is 6.04. The lowest BCUT2D eigenvalue weighted by Crippen LogP contribution is -1.90. The average molecular weight is 288 g/mol. The molecule has 0 radical (unpaired) electrons. The van der Waals surface area contributed by atoms with E-state index in [-0.39, 0.29) is 0 Å². The zero-order valence-electron chi connectivity index (χ0n) is 12.6. The predicted octanol–water partition coefficient (Wildman–Crippen LogP) is 5.17. The van der Waals surface area contributed by atoms with Crippen LogP contribution in [0.2, 0.25) is 0 Å². The third kappa shape index (κ3) is 1.98. The molecule has 0 atom stereocenters. The van der Waals surface area contributed by atoms with Crippen LogP contribution >= 0.6 is 0 Å². The lowest BCUT2D eigenvalue weighted by atomic mass is 10.0. The summed E-state index contributed by atoms with van der Waals surface area (Å²) < 4.78 is 6.04. The van der Waals surface area contributed by atoms with Crippen LogP contribution in [0.5, 0.6) is 0 Å².